The lowest BCUT2D eigenvalue weighted by Crippen LogP contribution is -2.48. The number of ether oxygens (including phenoxy) is 1. The molecule has 1 aliphatic heterocycles. The molecule has 126 valence electrons. The molecule has 4 nitrogen and oxygen atoms in total. The average molecular weight is 316 g/mol. The molecule has 0 spiro atoms. The van der Waals surface area contributed by atoms with Gasteiger partial charge in [-0.25, -0.2) is 0 Å². The Balaban J connectivity index is 1.63. The fourth-order valence-corrected chi connectivity index (χ4v) is 4.04. The zero-order valence-electron chi connectivity index (χ0n) is 13.9. The fraction of sp³-hybridized carbons (Fsp3) is 0.632. The second kappa shape index (κ2) is 8.46. The van der Waals surface area contributed by atoms with Gasteiger partial charge in [-0.1, -0.05) is 35.5 Å². The predicted molar refractivity (Wildman–Crippen MR) is 92.1 cm³/mol. The maximum absolute atomic E-state index is 8.98. The highest BCUT2D eigenvalue weighted by atomic mass is 16.5. The van der Waals surface area contributed by atoms with Crippen molar-refractivity contribution in [2.24, 2.45) is 11.1 Å². The predicted octanol–water partition coefficient (Wildman–Crippen LogP) is 3.34. The molecule has 1 heterocycles. The zero-order valence-corrected chi connectivity index (χ0v) is 13.9. The first-order chi connectivity index (χ1) is 11.4. The maximum atomic E-state index is 8.98. The van der Waals surface area contributed by atoms with Crippen LogP contribution in [0, 0.1) is 5.92 Å². The van der Waals surface area contributed by atoms with Crippen molar-refractivity contribution in [3.05, 3.63) is 35.9 Å². The van der Waals surface area contributed by atoms with Crippen LogP contribution in [-0.4, -0.2) is 48.2 Å². The molecular formula is C19H28N2O2. The Labute approximate surface area is 139 Å². The topological polar surface area (TPSA) is 45.1 Å². The molecule has 1 aromatic carbocycles. The van der Waals surface area contributed by atoms with Crippen molar-refractivity contribution < 1.29 is 9.94 Å². The van der Waals surface area contributed by atoms with E-state index in [9.17, 15) is 0 Å². The molecule has 1 atom stereocenters. The van der Waals surface area contributed by atoms with Gasteiger partial charge in [-0.3, -0.25) is 4.90 Å². The van der Waals surface area contributed by atoms with Gasteiger partial charge < -0.3 is 9.94 Å². The van der Waals surface area contributed by atoms with E-state index in [1.54, 1.807) is 0 Å². The van der Waals surface area contributed by atoms with Crippen molar-refractivity contribution in [3.63, 3.8) is 0 Å². The molecule has 1 unspecified atom stereocenters. The minimum Gasteiger partial charge on any atom is -0.411 e. The van der Waals surface area contributed by atoms with Gasteiger partial charge in [0.15, 0.2) is 0 Å². The summed E-state index contributed by atoms with van der Waals surface area (Å²) in [6, 6.07) is 11.4. The van der Waals surface area contributed by atoms with Gasteiger partial charge >= 0.3 is 0 Å². The highest BCUT2D eigenvalue weighted by molar-refractivity contribution is 5.84. The van der Waals surface area contributed by atoms with E-state index in [0.29, 0.717) is 12.0 Å². The minimum absolute atomic E-state index is 0.624. The van der Waals surface area contributed by atoms with E-state index in [4.69, 9.17) is 9.94 Å². The Hall–Kier alpha value is -1.39. The van der Waals surface area contributed by atoms with Gasteiger partial charge in [0.1, 0.15) is 0 Å². The molecule has 3 rings (SSSR count). The Kier molecular flexibility index (Phi) is 6.06. The summed E-state index contributed by atoms with van der Waals surface area (Å²) in [7, 11) is 0. The molecular weight excluding hydrogens is 288 g/mol. The summed E-state index contributed by atoms with van der Waals surface area (Å²) >= 11 is 0. The van der Waals surface area contributed by atoms with Crippen molar-refractivity contribution >= 4 is 5.71 Å². The summed E-state index contributed by atoms with van der Waals surface area (Å²) in [5, 5.41) is 12.4. The Morgan fingerprint density at radius 1 is 1.13 bits per heavy atom. The average Bonchev–Trinajstić information content (AvgIpc) is 2.64. The van der Waals surface area contributed by atoms with Gasteiger partial charge in [-0.15, -0.1) is 0 Å². The number of hydrogen-bond donors (Lipinski definition) is 1. The van der Waals surface area contributed by atoms with Crippen molar-refractivity contribution in [1.29, 1.82) is 0 Å². The van der Waals surface area contributed by atoms with Crippen LogP contribution >= 0.6 is 0 Å². The Morgan fingerprint density at radius 2 is 1.83 bits per heavy atom. The van der Waals surface area contributed by atoms with Gasteiger partial charge in [0.2, 0.25) is 0 Å². The molecule has 1 N–H and O–H groups in total. The highest BCUT2D eigenvalue weighted by Crippen LogP contribution is 2.31. The van der Waals surface area contributed by atoms with E-state index in [1.165, 1.54) is 12.0 Å². The van der Waals surface area contributed by atoms with Gasteiger partial charge in [-0.2, -0.15) is 0 Å². The van der Waals surface area contributed by atoms with Crippen molar-refractivity contribution in [2.75, 3.05) is 26.3 Å². The first kappa shape index (κ1) is 16.5. The van der Waals surface area contributed by atoms with E-state index in [-0.39, 0.29) is 0 Å². The smallest absolute Gasteiger partial charge is 0.0594 e. The van der Waals surface area contributed by atoms with Crippen LogP contribution in [-0.2, 0) is 11.2 Å². The Bertz CT molecular complexity index is 487. The summed E-state index contributed by atoms with van der Waals surface area (Å²) in [6.45, 7) is 3.82. The first-order valence-electron chi connectivity index (χ1n) is 8.92. The van der Waals surface area contributed by atoms with Crippen LogP contribution in [0.5, 0.6) is 0 Å². The molecule has 2 fully saturated rings. The highest BCUT2D eigenvalue weighted by Gasteiger charge is 2.31. The van der Waals surface area contributed by atoms with Crippen molar-refractivity contribution in [3.8, 4) is 0 Å². The second-order valence-corrected chi connectivity index (χ2v) is 6.74. The van der Waals surface area contributed by atoms with Crippen molar-refractivity contribution in [2.45, 2.75) is 44.6 Å². The Morgan fingerprint density at radius 3 is 2.48 bits per heavy atom. The van der Waals surface area contributed by atoms with Crippen LogP contribution in [0.15, 0.2) is 35.5 Å². The lowest BCUT2D eigenvalue weighted by molar-refractivity contribution is -0.00227. The quantitative estimate of drug-likeness (QED) is 0.669. The third-order valence-corrected chi connectivity index (χ3v) is 5.38. The number of aryl methyl sites for hydroxylation is 1. The number of morpholine rings is 1. The summed E-state index contributed by atoms with van der Waals surface area (Å²) in [5.41, 5.74) is 2.41. The lowest BCUT2D eigenvalue weighted by Gasteiger charge is -2.40. The number of benzene rings is 1. The zero-order chi connectivity index (χ0) is 15.9. The SMILES string of the molecule is ON=C1CCC(C(CCc2ccccc2)N2CCOCC2)CC1. The molecule has 0 bridgehead atoms. The first-order valence-corrected chi connectivity index (χ1v) is 8.92. The van der Waals surface area contributed by atoms with Crippen molar-refractivity contribution in [1.82, 2.24) is 4.90 Å². The van der Waals surface area contributed by atoms with E-state index < -0.39 is 0 Å². The van der Waals surface area contributed by atoms with Crippen LogP contribution < -0.4 is 0 Å². The molecule has 0 radical (unpaired) electrons. The van der Waals surface area contributed by atoms with Crippen LogP contribution in [0.2, 0.25) is 0 Å². The number of rotatable bonds is 5. The molecule has 2 aliphatic rings. The summed E-state index contributed by atoms with van der Waals surface area (Å²) in [4.78, 5) is 2.64. The summed E-state index contributed by atoms with van der Waals surface area (Å²) in [6.07, 6.45) is 6.55. The summed E-state index contributed by atoms with van der Waals surface area (Å²) < 4.78 is 5.54. The molecule has 1 aliphatic carbocycles. The molecule has 1 saturated heterocycles. The number of oxime groups is 1. The van der Waals surface area contributed by atoms with Gasteiger partial charge in [0, 0.05) is 19.1 Å². The molecule has 23 heavy (non-hydrogen) atoms. The summed E-state index contributed by atoms with van der Waals surface area (Å²) in [5.74, 6) is 0.710. The van der Waals surface area contributed by atoms with E-state index in [1.807, 2.05) is 0 Å². The third-order valence-electron chi connectivity index (χ3n) is 5.38. The normalized spacial score (nSPS) is 24.3. The van der Waals surface area contributed by atoms with Gasteiger partial charge in [0.05, 0.1) is 18.9 Å². The molecule has 1 saturated carbocycles. The monoisotopic (exact) mass is 316 g/mol. The van der Waals surface area contributed by atoms with Crippen LogP contribution in [0.1, 0.15) is 37.7 Å². The van der Waals surface area contributed by atoms with Crippen LogP contribution in [0.4, 0.5) is 0 Å². The van der Waals surface area contributed by atoms with Crippen LogP contribution in [0.25, 0.3) is 0 Å². The molecule has 0 amide bonds. The third kappa shape index (κ3) is 4.55. The van der Waals surface area contributed by atoms with E-state index in [2.05, 4.69) is 40.4 Å². The molecule has 1 aromatic rings. The van der Waals surface area contributed by atoms with E-state index >= 15 is 0 Å². The standard InChI is InChI=1S/C19H28N2O2/c22-20-18-9-7-17(8-10-18)19(21-12-14-23-15-13-21)11-6-16-4-2-1-3-5-16/h1-5,17,19,22H,6-15H2. The lowest BCUT2D eigenvalue weighted by atomic mass is 9.80. The maximum Gasteiger partial charge on any atom is 0.0594 e. The molecule has 4 heteroatoms. The minimum atomic E-state index is 0.624. The van der Waals surface area contributed by atoms with Gasteiger partial charge in [0.25, 0.3) is 0 Å². The van der Waals surface area contributed by atoms with Gasteiger partial charge in [-0.05, 0) is 50.0 Å². The van der Waals surface area contributed by atoms with E-state index in [0.717, 1.165) is 64.1 Å². The number of nitrogens with zero attached hydrogens (tertiary/aromatic N) is 2. The molecule has 0 aromatic heterocycles. The largest absolute Gasteiger partial charge is 0.411 e. The van der Waals surface area contributed by atoms with Crippen LogP contribution in [0.3, 0.4) is 0 Å². The number of hydrogen-bond acceptors (Lipinski definition) is 4. The fourth-order valence-electron chi connectivity index (χ4n) is 4.04. The second-order valence-electron chi connectivity index (χ2n) is 6.74.